The van der Waals surface area contributed by atoms with Crippen LogP contribution in [0.25, 0.3) is 0 Å². The van der Waals surface area contributed by atoms with Crippen LogP contribution in [0.15, 0.2) is 71.8 Å². The van der Waals surface area contributed by atoms with Crippen LogP contribution in [0.4, 0.5) is 17.6 Å². The normalized spacial score (nSPS) is 19.6. The molecule has 0 bridgehead atoms. The van der Waals surface area contributed by atoms with Gasteiger partial charge in [0.15, 0.2) is 0 Å². The van der Waals surface area contributed by atoms with Crippen LogP contribution in [0, 0.1) is 23.3 Å². The number of carbonyl (C=O) groups is 1. The van der Waals surface area contributed by atoms with Gasteiger partial charge in [-0.25, -0.2) is 17.6 Å². The lowest BCUT2D eigenvalue weighted by Crippen LogP contribution is -2.51. The number of halogens is 4. The largest absolute Gasteiger partial charge is 0.443 e. The van der Waals surface area contributed by atoms with Gasteiger partial charge < -0.3 is 9.64 Å². The number of carbonyl (C=O) groups excluding carboxylic acids is 1. The van der Waals surface area contributed by atoms with Gasteiger partial charge in [0.1, 0.15) is 23.3 Å². The summed E-state index contributed by atoms with van der Waals surface area (Å²) in [5.41, 5.74) is -2.96. The van der Waals surface area contributed by atoms with Crippen molar-refractivity contribution in [3.05, 3.63) is 107 Å². The number of nitrogens with zero attached hydrogens (tertiary/aromatic N) is 3. The topological polar surface area (TPSA) is 45.1 Å². The van der Waals surface area contributed by atoms with Gasteiger partial charge in [-0.05, 0) is 89.1 Å². The minimum absolute atomic E-state index is 0.155. The molecular weight excluding hydrogens is 522 g/mol. The predicted octanol–water partition coefficient (Wildman–Crippen LogP) is 6.47. The minimum atomic E-state index is -1.59. The SMILES string of the molecule is CC(C)(C(=O)N1N=C(c2cc(F)ccc2F)OC1(CCCN1CCCC1)c1ccccc1)c1cc(F)ccc1F. The molecule has 3 aromatic rings. The molecule has 1 atom stereocenters. The maximum absolute atomic E-state index is 14.9. The molecular formula is C31H31F4N3O2. The Bertz CT molecular complexity index is 1420. The first-order chi connectivity index (χ1) is 19.1. The summed E-state index contributed by atoms with van der Waals surface area (Å²) < 4.78 is 64.7. The summed E-state index contributed by atoms with van der Waals surface area (Å²) in [6.07, 6.45) is 3.10. The highest BCUT2D eigenvalue weighted by molar-refractivity contribution is 5.98. The molecule has 2 aliphatic heterocycles. The van der Waals surface area contributed by atoms with Crippen molar-refractivity contribution in [3.8, 4) is 0 Å². The standard InChI is InChI=1S/C31H31F4N3O2/c1-30(2,25-20-23(33)12-14-27(25)35)29(39)38-31(21-9-4-3-5-10-21,15-8-18-37-16-6-7-17-37)40-28(36-38)24-19-22(32)11-13-26(24)34/h3-5,9-14,19-20H,6-8,15-18H2,1-2H3. The lowest BCUT2D eigenvalue weighted by Gasteiger charge is -2.39. The summed E-state index contributed by atoms with van der Waals surface area (Å²) in [5, 5.41) is 5.53. The van der Waals surface area contributed by atoms with E-state index in [-0.39, 0.29) is 23.4 Å². The minimum Gasteiger partial charge on any atom is -0.443 e. The molecule has 3 aromatic carbocycles. The van der Waals surface area contributed by atoms with Crippen molar-refractivity contribution >= 4 is 11.8 Å². The summed E-state index contributed by atoms with van der Waals surface area (Å²) >= 11 is 0. The van der Waals surface area contributed by atoms with E-state index >= 15 is 0 Å². The zero-order valence-corrected chi connectivity index (χ0v) is 22.5. The average Bonchev–Trinajstić information content (AvgIpc) is 3.60. The number of benzene rings is 3. The van der Waals surface area contributed by atoms with Crippen molar-refractivity contribution in [2.45, 2.75) is 50.7 Å². The Morgan fingerprint density at radius 3 is 2.27 bits per heavy atom. The Morgan fingerprint density at radius 2 is 1.57 bits per heavy atom. The summed E-state index contributed by atoms with van der Waals surface area (Å²) in [5.74, 6) is -3.88. The van der Waals surface area contributed by atoms with Gasteiger partial charge in [-0.1, -0.05) is 30.3 Å². The zero-order chi connectivity index (χ0) is 28.5. The molecule has 0 radical (unpaired) electrons. The van der Waals surface area contributed by atoms with E-state index in [4.69, 9.17) is 4.74 Å². The van der Waals surface area contributed by atoms with Crippen molar-refractivity contribution in [1.82, 2.24) is 9.91 Å². The number of hydrazone groups is 1. The van der Waals surface area contributed by atoms with Crippen molar-refractivity contribution in [1.29, 1.82) is 0 Å². The fourth-order valence-electron chi connectivity index (χ4n) is 5.46. The molecule has 0 N–H and O–H groups in total. The highest BCUT2D eigenvalue weighted by Gasteiger charge is 2.53. The van der Waals surface area contributed by atoms with Crippen LogP contribution in [-0.2, 0) is 20.7 Å². The molecule has 40 heavy (non-hydrogen) atoms. The number of likely N-dealkylation sites (tertiary alicyclic amines) is 1. The van der Waals surface area contributed by atoms with Gasteiger partial charge >= 0.3 is 0 Å². The fourth-order valence-corrected chi connectivity index (χ4v) is 5.46. The predicted molar refractivity (Wildman–Crippen MR) is 143 cm³/mol. The van der Waals surface area contributed by atoms with E-state index in [1.807, 2.05) is 6.07 Å². The first-order valence-electron chi connectivity index (χ1n) is 13.4. The van der Waals surface area contributed by atoms with Crippen LogP contribution in [0.5, 0.6) is 0 Å². The number of hydrogen-bond donors (Lipinski definition) is 0. The Hall–Kier alpha value is -3.72. The Balaban J connectivity index is 1.62. The third-order valence-electron chi connectivity index (χ3n) is 7.70. The highest BCUT2D eigenvalue weighted by atomic mass is 19.1. The van der Waals surface area contributed by atoms with Gasteiger partial charge in [-0.3, -0.25) is 4.79 Å². The summed E-state index contributed by atoms with van der Waals surface area (Å²) in [4.78, 5) is 16.7. The van der Waals surface area contributed by atoms with Crippen LogP contribution < -0.4 is 0 Å². The maximum Gasteiger partial charge on any atom is 0.256 e. The lowest BCUT2D eigenvalue weighted by atomic mass is 9.82. The molecule has 0 aromatic heterocycles. The summed E-state index contributed by atoms with van der Waals surface area (Å²) in [6, 6.07) is 14.7. The summed E-state index contributed by atoms with van der Waals surface area (Å²) in [6.45, 7) is 5.65. The maximum atomic E-state index is 14.9. The van der Waals surface area contributed by atoms with Gasteiger partial charge in [-0.15, -0.1) is 5.10 Å². The Labute approximate surface area is 231 Å². The van der Waals surface area contributed by atoms with Crippen LogP contribution in [0.1, 0.15) is 56.2 Å². The van der Waals surface area contributed by atoms with Gasteiger partial charge in [0.25, 0.3) is 5.91 Å². The number of hydrogen-bond acceptors (Lipinski definition) is 4. The van der Waals surface area contributed by atoms with Crippen LogP contribution in [-0.4, -0.2) is 41.3 Å². The van der Waals surface area contributed by atoms with E-state index in [1.165, 1.54) is 13.8 Å². The molecule has 9 heteroatoms. The second kappa shape index (κ2) is 11.0. The number of rotatable bonds is 8. The van der Waals surface area contributed by atoms with E-state index < -0.39 is 40.3 Å². The smallest absolute Gasteiger partial charge is 0.256 e. The molecule has 2 heterocycles. The quantitative estimate of drug-likeness (QED) is 0.301. The second-order valence-corrected chi connectivity index (χ2v) is 10.8. The van der Waals surface area contributed by atoms with E-state index in [9.17, 15) is 22.4 Å². The van der Waals surface area contributed by atoms with Gasteiger partial charge in [0.05, 0.1) is 11.0 Å². The molecule has 1 fully saturated rings. The average molecular weight is 554 g/mol. The van der Waals surface area contributed by atoms with Gasteiger partial charge in [0, 0.05) is 17.5 Å². The molecule has 5 nitrogen and oxygen atoms in total. The first-order valence-corrected chi connectivity index (χ1v) is 13.4. The van der Waals surface area contributed by atoms with Crippen LogP contribution in [0.2, 0.25) is 0 Å². The molecule has 5 rings (SSSR count). The lowest BCUT2D eigenvalue weighted by molar-refractivity contribution is -0.158. The van der Waals surface area contributed by atoms with Crippen molar-refractivity contribution in [2.75, 3.05) is 19.6 Å². The highest BCUT2D eigenvalue weighted by Crippen LogP contribution is 2.44. The number of amides is 1. The van der Waals surface area contributed by atoms with Crippen molar-refractivity contribution < 1.29 is 27.1 Å². The molecule has 0 spiro atoms. The molecule has 2 aliphatic rings. The van der Waals surface area contributed by atoms with E-state index in [2.05, 4.69) is 10.0 Å². The second-order valence-electron chi connectivity index (χ2n) is 10.8. The Kier molecular flexibility index (Phi) is 7.68. The molecule has 1 saturated heterocycles. The van der Waals surface area contributed by atoms with Crippen molar-refractivity contribution in [3.63, 3.8) is 0 Å². The molecule has 1 unspecified atom stereocenters. The third-order valence-corrected chi connectivity index (χ3v) is 7.70. The van der Waals surface area contributed by atoms with E-state index in [1.54, 1.807) is 24.3 Å². The zero-order valence-electron chi connectivity index (χ0n) is 22.5. The van der Waals surface area contributed by atoms with Crippen molar-refractivity contribution in [2.24, 2.45) is 5.10 Å². The number of ether oxygens (including phenoxy) is 1. The summed E-state index contributed by atoms with van der Waals surface area (Å²) in [7, 11) is 0. The van der Waals surface area contributed by atoms with E-state index in [0.717, 1.165) is 73.9 Å². The molecule has 0 aliphatic carbocycles. The molecule has 210 valence electrons. The molecule has 1 amide bonds. The fraction of sp³-hybridized carbons (Fsp3) is 0.355. The van der Waals surface area contributed by atoms with Gasteiger partial charge in [0.2, 0.25) is 11.6 Å². The monoisotopic (exact) mass is 553 g/mol. The third kappa shape index (κ3) is 5.22. The van der Waals surface area contributed by atoms with Gasteiger partial charge in [-0.2, -0.15) is 5.01 Å². The van der Waals surface area contributed by atoms with Crippen LogP contribution in [0.3, 0.4) is 0 Å². The van der Waals surface area contributed by atoms with Crippen LogP contribution >= 0.6 is 0 Å². The van der Waals surface area contributed by atoms with E-state index in [0.29, 0.717) is 12.0 Å². The molecule has 0 saturated carbocycles. The first kappa shape index (κ1) is 27.8. The Morgan fingerprint density at radius 1 is 0.925 bits per heavy atom.